The van der Waals surface area contributed by atoms with Gasteiger partial charge in [0.25, 0.3) is 0 Å². The smallest absolute Gasteiger partial charge is 0.323 e. The second kappa shape index (κ2) is 15.1. The molecule has 53 heavy (non-hydrogen) atoms. The van der Waals surface area contributed by atoms with Gasteiger partial charge in [-0.15, -0.1) is 0 Å². The van der Waals surface area contributed by atoms with E-state index in [1.807, 2.05) is 13.8 Å². The maximum atomic E-state index is 13.6. The lowest BCUT2D eigenvalue weighted by Crippen LogP contribution is -2.70. The summed E-state index contributed by atoms with van der Waals surface area (Å²) in [5.41, 5.74) is 5.65. The van der Waals surface area contributed by atoms with E-state index in [0.717, 1.165) is 25.7 Å². The van der Waals surface area contributed by atoms with Gasteiger partial charge in [0.1, 0.15) is 18.2 Å². The summed E-state index contributed by atoms with van der Waals surface area (Å²) < 4.78 is 18.9. The zero-order valence-electron chi connectivity index (χ0n) is 34.1. The number of ether oxygens (including phenoxy) is 3. The first kappa shape index (κ1) is 41.5. The van der Waals surface area contributed by atoms with Gasteiger partial charge in [0.05, 0.1) is 19.1 Å². The lowest BCUT2D eigenvalue weighted by atomic mass is 9.34. The summed E-state index contributed by atoms with van der Waals surface area (Å²) in [4.78, 5) is 51.6. The van der Waals surface area contributed by atoms with Crippen LogP contribution < -0.4 is 16.4 Å². The summed E-state index contributed by atoms with van der Waals surface area (Å²) in [5, 5.41) is 16.6. The average Bonchev–Trinajstić information content (AvgIpc) is 3.05. The minimum atomic E-state index is -0.857. The monoisotopic (exact) mass is 744 g/mol. The Balaban J connectivity index is 1.40. The second-order valence-electron chi connectivity index (χ2n) is 19.2. The van der Waals surface area contributed by atoms with Gasteiger partial charge >= 0.3 is 23.9 Å². The largest absolute Gasteiger partial charge is 0.481 e. The van der Waals surface area contributed by atoms with Gasteiger partial charge in [-0.3, -0.25) is 14.4 Å². The van der Waals surface area contributed by atoms with Crippen molar-refractivity contribution >= 4 is 23.9 Å². The van der Waals surface area contributed by atoms with E-state index in [1.165, 1.54) is 12.5 Å². The molecule has 2 bridgehead atoms. The molecule has 0 aromatic rings. The Labute approximate surface area is 317 Å². The number of unbranched alkanes of at least 4 members (excludes halogenated alkanes) is 1. The number of rotatable bonds is 12. The highest BCUT2D eigenvalue weighted by molar-refractivity contribution is 5.76. The minimum absolute atomic E-state index is 0.0441. The van der Waals surface area contributed by atoms with E-state index in [9.17, 15) is 24.3 Å². The molecule has 11 nitrogen and oxygen atoms in total. The Bertz CT molecular complexity index is 1450. The number of nitrogens with two attached hydrogens (primary N) is 1. The van der Waals surface area contributed by atoms with Crippen LogP contribution in [0.1, 0.15) is 127 Å². The van der Waals surface area contributed by atoms with E-state index >= 15 is 0 Å². The van der Waals surface area contributed by atoms with Crippen LogP contribution in [-0.4, -0.2) is 73.1 Å². The van der Waals surface area contributed by atoms with Crippen molar-refractivity contribution in [2.45, 2.75) is 151 Å². The molecule has 1 unspecified atom stereocenters. The first-order chi connectivity index (χ1) is 24.7. The maximum Gasteiger partial charge on any atom is 0.323 e. The minimum Gasteiger partial charge on any atom is -0.481 e. The number of carboxylic acids is 1. The van der Waals surface area contributed by atoms with Gasteiger partial charge in [-0.1, -0.05) is 60.1 Å². The van der Waals surface area contributed by atoms with Gasteiger partial charge < -0.3 is 35.7 Å². The Morgan fingerprint density at radius 2 is 1.68 bits per heavy atom. The number of fused-ring (bicyclic) bond motifs is 3. The highest BCUT2D eigenvalue weighted by Crippen LogP contribution is 2.75. The molecule has 1 aliphatic heterocycles. The summed E-state index contributed by atoms with van der Waals surface area (Å²) in [7, 11) is 0. The molecule has 1 saturated heterocycles. The van der Waals surface area contributed by atoms with Crippen molar-refractivity contribution < 1.29 is 38.5 Å². The number of carboxylic acid groups (broad SMARTS) is 1. The molecule has 4 fully saturated rings. The molecule has 0 radical (unpaired) electrons. The first-order valence-corrected chi connectivity index (χ1v) is 20.4. The van der Waals surface area contributed by atoms with Gasteiger partial charge in [0, 0.05) is 30.3 Å². The molecule has 12 atom stereocenters. The maximum absolute atomic E-state index is 13.6. The van der Waals surface area contributed by atoms with Gasteiger partial charge in [-0.05, 0) is 112 Å². The number of aliphatic carboxylic acids is 1. The Hall–Kier alpha value is -2.66. The van der Waals surface area contributed by atoms with Gasteiger partial charge in [0.2, 0.25) is 0 Å². The SMILES string of the molecule is CC(=O)O[C@@H]1C[C@@]23COC[C@](C)([C@@H]2CC[C@H]2C3=CC[C@@]3(C)[C@H](C(=O)O)[C@@](C)([C@H](C)C(C)C)CC[C@]23C)[C@H]1OC(=O)C(N)CCCCNC(=O)NC(C)C. The van der Waals surface area contributed by atoms with Crippen molar-refractivity contribution in [3.8, 4) is 0 Å². The van der Waals surface area contributed by atoms with E-state index in [4.69, 9.17) is 19.9 Å². The van der Waals surface area contributed by atoms with Crippen LogP contribution in [0.4, 0.5) is 4.79 Å². The predicted molar refractivity (Wildman–Crippen MR) is 203 cm³/mol. The third kappa shape index (κ3) is 7.04. The van der Waals surface area contributed by atoms with E-state index in [2.05, 4.69) is 65.2 Å². The fraction of sp³-hybridized carbons (Fsp3) is 0.857. The Kier molecular flexibility index (Phi) is 11.8. The molecular weight excluding hydrogens is 674 g/mol. The van der Waals surface area contributed by atoms with Gasteiger partial charge in [-0.2, -0.15) is 0 Å². The van der Waals surface area contributed by atoms with Crippen LogP contribution in [0.5, 0.6) is 0 Å². The van der Waals surface area contributed by atoms with Crippen LogP contribution in [0.25, 0.3) is 0 Å². The van der Waals surface area contributed by atoms with Crippen molar-refractivity contribution in [1.82, 2.24) is 10.6 Å². The number of carbonyl (C=O) groups excluding carboxylic acids is 3. The van der Waals surface area contributed by atoms with Crippen molar-refractivity contribution in [1.29, 1.82) is 0 Å². The fourth-order valence-corrected chi connectivity index (χ4v) is 12.4. The fourth-order valence-electron chi connectivity index (χ4n) is 12.4. The Morgan fingerprint density at radius 3 is 2.30 bits per heavy atom. The third-order valence-electron chi connectivity index (χ3n) is 15.6. The van der Waals surface area contributed by atoms with E-state index in [0.29, 0.717) is 57.8 Å². The number of carbonyl (C=O) groups is 4. The van der Waals surface area contributed by atoms with E-state index in [1.54, 1.807) is 0 Å². The van der Waals surface area contributed by atoms with Crippen LogP contribution in [0.3, 0.4) is 0 Å². The zero-order chi connectivity index (χ0) is 39.3. The van der Waals surface area contributed by atoms with Crippen LogP contribution in [0.15, 0.2) is 11.6 Å². The summed E-state index contributed by atoms with van der Waals surface area (Å²) in [6.45, 7) is 22.1. The number of hydrogen-bond donors (Lipinski definition) is 4. The van der Waals surface area contributed by atoms with Gasteiger partial charge in [-0.25, -0.2) is 4.79 Å². The molecule has 0 spiro atoms. The molecule has 5 rings (SSSR count). The molecule has 3 saturated carbocycles. The molecule has 11 heteroatoms. The summed E-state index contributed by atoms with van der Waals surface area (Å²) in [6.07, 6.45) is 7.43. The van der Waals surface area contributed by atoms with Crippen LogP contribution in [0, 0.1) is 56.7 Å². The van der Waals surface area contributed by atoms with Gasteiger partial charge in [0.15, 0.2) is 0 Å². The molecule has 2 amide bonds. The molecule has 4 aliphatic carbocycles. The zero-order valence-corrected chi connectivity index (χ0v) is 34.1. The average molecular weight is 744 g/mol. The molecule has 5 aliphatic rings. The molecule has 300 valence electrons. The lowest BCUT2D eigenvalue weighted by molar-refractivity contribution is -0.263. The van der Waals surface area contributed by atoms with E-state index < -0.39 is 58.3 Å². The number of amides is 2. The number of hydrogen-bond acceptors (Lipinski definition) is 8. The highest BCUT2D eigenvalue weighted by Gasteiger charge is 2.72. The molecule has 1 heterocycles. The molecular formula is C42H69N3O8. The highest BCUT2D eigenvalue weighted by atomic mass is 16.6. The quantitative estimate of drug-likeness (QED) is 0.0976. The van der Waals surface area contributed by atoms with Crippen LogP contribution >= 0.6 is 0 Å². The van der Waals surface area contributed by atoms with Crippen LogP contribution in [-0.2, 0) is 28.6 Å². The Morgan fingerprint density at radius 1 is 0.981 bits per heavy atom. The number of urea groups is 1. The van der Waals surface area contributed by atoms with Crippen molar-refractivity contribution in [3.63, 3.8) is 0 Å². The van der Waals surface area contributed by atoms with Crippen LogP contribution in [0.2, 0.25) is 0 Å². The number of nitrogens with one attached hydrogen (secondary N) is 2. The molecule has 0 aromatic heterocycles. The second-order valence-corrected chi connectivity index (χ2v) is 19.2. The number of esters is 2. The van der Waals surface area contributed by atoms with Crippen molar-refractivity contribution in [2.75, 3.05) is 19.8 Å². The first-order valence-electron chi connectivity index (χ1n) is 20.4. The topological polar surface area (TPSA) is 166 Å². The summed E-state index contributed by atoms with van der Waals surface area (Å²) >= 11 is 0. The summed E-state index contributed by atoms with van der Waals surface area (Å²) in [5.74, 6) is -1.20. The predicted octanol–water partition coefficient (Wildman–Crippen LogP) is 6.62. The molecule has 0 aromatic carbocycles. The normalized spacial score (nSPS) is 40.1. The van der Waals surface area contributed by atoms with E-state index in [-0.39, 0.29) is 40.7 Å². The van der Waals surface area contributed by atoms with Crippen molar-refractivity contribution in [3.05, 3.63) is 11.6 Å². The van der Waals surface area contributed by atoms with Crippen molar-refractivity contribution in [2.24, 2.45) is 62.4 Å². The standard InChI is InChI=1S/C42H69N3O8/c1-24(2)26(5)38(7)18-19-40(9)28-14-15-32-39(8)22-51-23-42(32,29(28)16-17-41(40,10)33(38)35(47)48)21-31(52-27(6)46)34(39)53-36(49)30(43)13-11-12-20-44-37(50)45-25(3)4/h16,24-26,28,30-34H,11-15,17-23,43H2,1-10H3,(H,47,48)(H2,44,45,50)/t26-,28+,30?,31-,32+,33-,34+,38-,39-,40-,41+,42+/m1/s1. The summed E-state index contributed by atoms with van der Waals surface area (Å²) in [6, 6.07) is -1.04. The number of allylic oxidation sites excluding steroid dienone is 1. The molecule has 5 N–H and O–H groups in total. The third-order valence-corrected chi connectivity index (χ3v) is 15.6. The lowest BCUT2D eigenvalue weighted by Gasteiger charge is -2.71.